The van der Waals surface area contributed by atoms with Gasteiger partial charge in [-0.3, -0.25) is 9.78 Å². The van der Waals surface area contributed by atoms with Crippen LogP contribution in [-0.4, -0.2) is 37.0 Å². The van der Waals surface area contributed by atoms with Crippen LogP contribution >= 0.6 is 0 Å². The van der Waals surface area contributed by atoms with E-state index in [9.17, 15) is 9.59 Å². The summed E-state index contributed by atoms with van der Waals surface area (Å²) in [6.07, 6.45) is 3.18. The van der Waals surface area contributed by atoms with E-state index in [1.54, 1.807) is 48.8 Å². The molecule has 140 valence electrons. The van der Waals surface area contributed by atoms with Crippen LogP contribution in [-0.2, 0) is 0 Å². The first kappa shape index (κ1) is 17.4. The van der Waals surface area contributed by atoms with Crippen LogP contribution in [0.25, 0.3) is 28.2 Å². The number of hydrogen-bond donors (Lipinski definition) is 2. The van der Waals surface area contributed by atoms with Crippen molar-refractivity contribution < 1.29 is 9.53 Å². The van der Waals surface area contributed by atoms with E-state index < -0.39 is 11.6 Å². The molecule has 9 heteroatoms. The highest BCUT2D eigenvalue weighted by Crippen LogP contribution is 2.26. The third-order valence-electron chi connectivity index (χ3n) is 4.10. The van der Waals surface area contributed by atoms with Crippen molar-refractivity contribution in [3.8, 4) is 22.8 Å². The number of hydrogen-bond acceptors (Lipinski definition) is 6. The first-order valence-electron chi connectivity index (χ1n) is 8.55. The van der Waals surface area contributed by atoms with Crippen molar-refractivity contribution in [3.63, 3.8) is 0 Å². The van der Waals surface area contributed by atoms with E-state index in [1.165, 1.54) is 4.57 Å². The Balaban J connectivity index is 2.06. The zero-order valence-corrected chi connectivity index (χ0v) is 14.9. The summed E-state index contributed by atoms with van der Waals surface area (Å²) >= 11 is 0. The first-order valence-corrected chi connectivity index (χ1v) is 8.55. The highest BCUT2D eigenvalue weighted by Gasteiger charge is 2.21. The van der Waals surface area contributed by atoms with Gasteiger partial charge in [0.15, 0.2) is 17.2 Å². The third-order valence-corrected chi connectivity index (χ3v) is 4.10. The van der Waals surface area contributed by atoms with Gasteiger partial charge < -0.3 is 15.5 Å². The first-order chi connectivity index (χ1) is 13.6. The highest BCUT2D eigenvalue weighted by atomic mass is 16.5. The van der Waals surface area contributed by atoms with E-state index in [-0.39, 0.29) is 22.7 Å². The molecule has 0 aliphatic heterocycles. The predicted octanol–water partition coefficient (Wildman–Crippen LogP) is 1.67. The summed E-state index contributed by atoms with van der Waals surface area (Å²) in [4.78, 5) is 40.1. The molecular formula is C19H16N6O3. The number of aromatic amines is 1. The molecule has 0 bridgehead atoms. The lowest BCUT2D eigenvalue weighted by Crippen LogP contribution is -2.16. The van der Waals surface area contributed by atoms with E-state index in [1.807, 2.05) is 6.92 Å². The Bertz CT molecular complexity index is 1230. The Kier molecular flexibility index (Phi) is 4.32. The van der Waals surface area contributed by atoms with Crippen LogP contribution in [0.4, 0.5) is 0 Å². The number of nitrogens with two attached hydrogens (primary N) is 1. The summed E-state index contributed by atoms with van der Waals surface area (Å²) in [6.45, 7) is 2.28. The van der Waals surface area contributed by atoms with Crippen LogP contribution in [0, 0.1) is 0 Å². The number of rotatable bonds is 5. The molecule has 3 heterocycles. The second-order valence-corrected chi connectivity index (χ2v) is 5.87. The number of aromatic nitrogens is 5. The standard InChI is InChI=1S/C19H16N6O3/c1-2-28-13-8-4-3-7-12(13)25-18-15(23-19(25)27)14(16(20)26)22-17(24-18)11-6-5-9-21-10-11/h3-10H,2H2,1H3,(H2,20,26)(H,23,27). The van der Waals surface area contributed by atoms with Gasteiger partial charge in [0.25, 0.3) is 5.91 Å². The number of fused-ring (bicyclic) bond motifs is 1. The molecule has 4 rings (SSSR count). The summed E-state index contributed by atoms with van der Waals surface area (Å²) in [5.74, 6) is -0.0322. The average molecular weight is 376 g/mol. The summed E-state index contributed by atoms with van der Waals surface area (Å²) in [6, 6.07) is 10.5. The Labute approximate surface area is 158 Å². The van der Waals surface area contributed by atoms with Crippen molar-refractivity contribution in [1.29, 1.82) is 0 Å². The minimum Gasteiger partial charge on any atom is -0.492 e. The van der Waals surface area contributed by atoms with E-state index in [2.05, 4.69) is 19.9 Å². The van der Waals surface area contributed by atoms with Crippen molar-refractivity contribution in [2.24, 2.45) is 5.73 Å². The second kappa shape index (κ2) is 6.95. The van der Waals surface area contributed by atoms with Crippen LogP contribution in [0.2, 0.25) is 0 Å². The van der Waals surface area contributed by atoms with Gasteiger partial charge in [0.05, 0.1) is 12.3 Å². The maximum absolute atomic E-state index is 12.7. The van der Waals surface area contributed by atoms with Gasteiger partial charge in [-0.1, -0.05) is 12.1 Å². The normalized spacial score (nSPS) is 10.9. The molecule has 0 saturated heterocycles. The molecule has 3 aromatic heterocycles. The molecule has 0 saturated carbocycles. The lowest BCUT2D eigenvalue weighted by Gasteiger charge is -2.11. The number of nitrogens with one attached hydrogen (secondary N) is 1. The summed E-state index contributed by atoms with van der Waals surface area (Å²) in [5.41, 5.74) is 6.41. The van der Waals surface area contributed by atoms with E-state index in [4.69, 9.17) is 10.5 Å². The molecule has 1 amide bonds. The van der Waals surface area contributed by atoms with Crippen LogP contribution in [0.5, 0.6) is 5.75 Å². The number of carbonyl (C=O) groups is 1. The van der Waals surface area contributed by atoms with Gasteiger partial charge in [-0.05, 0) is 31.2 Å². The summed E-state index contributed by atoms with van der Waals surface area (Å²) < 4.78 is 6.98. The molecule has 0 unspecified atom stereocenters. The molecule has 4 aromatic rings. The van der Waals surface area contributed by atoms with Crippen molar-refractivity contribution in [1.82, 2.24) is 24.5 Å². The molecule has 0 fully saturated rings. The largest absolute Gasteiger partial charge is 0.492 e. The number of carbonyl (C=O) groups excluding carboxylic acids is 1. The molecule has 9 nitrogen and oxygen atoms in total. The zero-order chi connectivity index (χ0) is 19.7. The smallest absolute Gasteiger partial charge is 0.332 e. The number of pyridine rings is 1. The lowest BCUT2D eigenvalue weighted by atomic mass is 10.2. The number of imidazole rings is 1. The Hall–Kier alpha value is -4.01. The maximum atomic E-state index is 12.7. The van der Waals surface area contributed by atoms with E-state index in [0.29, 0.717) is 23.6 Å². The SMILES string of the molecule is CCOc1ccccc1-n1c(=O)[nH]c2c(C(N)=O)nc(-c3cccnc3)nc21. The number of ether oxygens (including phenoxy) is 1. The van der Waals surface area contributed by atoms with Crippen molar-refractivity contribution >= 4 is 17.1 Å². The van der Waals surface area contributed by atoms with Crippen molar-refractivity contribution in [3.05, 3.63) is 65.0 Å². The number of H-pyrrole nitrogens is 1. The van der Waals surface area contributed by atoms with Crippen molar-refractivity contribution in [2.75, 3.05) is 6.61 Å². The fraction of sp³-hybridized carbons (Fsp3) is 0.105. The van der Waals surface area contributed by atoms with Crippen LogP contribution < -0.4 is 16.2 Å². The van der Waals surface area contributed by atoms with E-state index in [0.717, 1.165) is 0 Å². The van der Waals surface area contributed by atoms with Gasteiger partial charge >= 0.3 is 5.69 Å². The molecule has 0 aliphatic rings. The Morgan fingerprint density at radius 3 is 2.75 bits per heavy atom. The minimum absolute atomic E-state index is 0.0754. The second-order valence-electron chi connectivity index (χ2n) is 5.87. The number of nitrogens with zero attached hydrogens (tertiary/aromatic N) is 4. The fourth-order valence-corrected chi connectivity index (χ4v) is 2.93. The fourth-order valence-electron chi connectivity index (χ4n) is 2.93. The summed E-state index contributed by atoms with van der Waals surface area (Å²) in [5, 5.41) is 0. The Morgan fingerprint density at radius 1 is 1.21 bits per heavy atom. The molecule has 0 radical (unpaired) electrons. The zero-order valence-electron chi connectivity index (χ0n) is 14.9. The minimum atomic E-state index is -0.774. The molecule has 3 N–H and O–H groups in total. The lowest BCUT2D eigenvalue weighted by molar-refractivity contribution is 0.0997. The van der Waals surface area contributed by atoms with Gasteiger partial charge in [-0.15, -0.1) is 0 Å². The quantitative estimate of drug-likeness (QED) is 0.545. The molecular weight excluding hydrogens is 360 g/mol. The van der Waals surface area contributed by atoms with Crippen LogP contribution in [0.15, 0.2) is 53.6 Å². The monoisotopic (exact) mass is 376 g/mol. The third kappa shape index (κ3) is 2.88. The summed E-state index contributed by atoms with van der Waals surface area (Å²) in [7, 11) is 0. The van der Waals surface area contributed by atoms with Gasteiger partial charge in [-0.2, -0.15) is 0 Å². The number of para-hydroxylation sites is 2. The molecule has 0 atom stereocenters. The highest BCUT2D eigenvalue weighted by molar-refractivity contribution is 6.02. The van der Waals surface area contributed by atoms with Gasteiger partial charge in [0, 0.05) is 18.0 Å². The van der Waals surface area contributed by atoms with Crippen molar-refractivity contribution in [2.45, 2.75) is 6.92 Å². The predicted molar refractivity (Wildman–Crippen MR) is 102 cm³/mol. The molecule has 28 heavy (non-hydrogen) atoms. The molecule has 0 spiro atoms. The number of amides is 1. The van der Waals surface area contributed by atoms with Gasteiger partial charge in [0.1, 0.15) is 11.3 Å². The average Bonchev–Trinajstić information content (AvgIpc) is 3.04. The Morgan fingerprint density at radius 2 is 2.04 bits per heavy atom. The maximum Gasteiger partial charge on any atom is 0.332 e. The molecule has 1 aromatic carbocycles. The van der Waals surface area contributed by atoms with Gasteiger partial charge in [0.2, 0.25) is 0 Å². The van der Waals surface area contributed by atoms with Gasteiger partial charge in [-0.25, -0.2) is 19.3 Å². The number of primary amides is 1. The molecule has 0 aliphatic carbocycles. The van der Waals surface area contributed by atoms with Crippen LogP contribution in [0.3, 0.4) is 0 Å². The van der Waals surface area contributed by atoms with Crippen LogP contribution in [0.1, 0.15) is 17.4 Å². The number of benzene rings is 1. The topological polar surface area (TPSA) is 129 Å². The van der Waals surface area contributed by atoms with E-state index >= 15 is 0 Å².